The molecule has 0 aromatic carbocycles. The van der Waals surface area contributed by atoms with E-state index in [0.29, 0.717) is 24.8 Å². The summed E-state index contributed by atoms with van der Waals surface area (Å²) >= 11 is 0. The van der Waals surface area contributed by atoms with E-state index in [2.05, 4.69) is 10.4 Å². The van der Waals surface area contributed by atoms with Crippen molar-refractivity contribution in [2.24, 2.45) is 5.41 Å². The summed E-state index contributed by atoms with van der Waals surface area (Å²) in [5, 5.41) is 7.88. The molecule has 7 heteroatoms. The van der Waals surface area contributed by atoms with Crippen LogP contribution in [0.15, 0.2) is 12.4 Å². The number of piperidine rings is 1. The maximum atomic E-state index is 12.7. The molecule has 0 atom stereocenters. The average molecular weight is 350 g/mol. The van der Waals surface area contributed by atoms with Crippen molar-refractivity contribution < 1.29 is 14.3 Å². The molecule has 3 rings (SSSR count). The molecule has 1 aliphatic carbocycles. The fourth-order valence-corrected chi connectivity index (χ4v) is 3.47. The molecule has 2 fully saturated rings. The first-order chi connectivity index (χ1) is 12.2. The normalized spacial score (nSPS) is 20.0. The fraction of sp³-hybridized carbons (Fsp3) is 0.778. The second-order valence-electron chi connectivity index (χ2n) is 7.37. The van der Waals surface area contributed by atoms with Gasteiger partial charge in [-0.05, 0) is 25.7 Å². The summed E-state index contributed by atoms with van der Waals surface area (Å²) in [4.78, 5) is 14.7. The molecule has 1 aromatic heterocycles. The molecule has 25 heavy (non-hydrogen) atoms. The summed E-state index contributed by atoms with van der Waals surface area (Å²) in [6, 6.07) is 0.700. The highest BCUT2D eigenvalue weighted by Gasteiger charge is 2.37. The number of carbonyl (C=O) groups is 1. The van der Waals surface area contributed by atoms with Gasteiger partial charge in [0.15, 0.2) is 0 Å². The van der Waals surface area contributed by atoms with Crippen molar-refractivity contribution in [3.05, 3.63) is 18.0 Å². The van der Waals surface area contributed by atoms with Crippen molar-refractivity contribution in [2.75, 3.05) is 47.1 Å². The van der Waals surface area contributed by atoms with Gasteiger partial charge in [0, 0.05) is 51.5 Å². The molecule has 1 saturated heterocycles. The number of rotatable bonds is 9. The van der Waals surface area contributed by atoms with Crippen molar-refractivity contribution in [2.45, 2.75) is 38.3 Å². The topological polar surface area (TPSA) is 68.6 Å². The highest BCUT2D eigenvalue weighted by molar-refractivity contribution is 5.93. The summed E-state index contributed by atoms with van der Waals surface area (Å²) < 4.78 is 12.3. The van der Waals surface area contributed by atoms with E-state index < -0.39 is 0 Å². The highest BCUT2D eigenvalue weighted by atomic mass is 16.5. The molecule has 0 bridgehead atoms. The number of ether oxygens (including phenoxy) is 2. The molecule has 0 spiro atoms. The minimum absolute atomic E-state index is 0.0739. The van der Waals surface area contributed by atoms with Crippen LogP contribution in [0.25, 0.3) is 0 Å². The molecular weight excluding hydrogens is 320 g/mol. The lowest BCUT2D eigenvalue weighted by Gasteiger charge is -2.41. The third-order valence-corrected chi connectivity index (χ3v) is 5.31. The molecule has 2 aliphatic rings. The zero-order valence-corrected chi connectivity index (χ0v) is 15.4. The van der Waals surface area contributed by atoms with E-state index in [1.165, 1.54) is 12.8 Å². The predicted octanol–water partition coefficient (Wildman–Crippen LogP) is 1.15. The Bertz CT molecular complexity index is 562. The van der Waals surface area contributed by atoms with Crippen molar-refractivity contribution in [3.8, 4) is 0 Å². The Labute approximate surface area is 149 Å². The quantitative estimate of drug-likeness (QED) is 0.724. The lowest BCUT2D eigenvalue weighted by molar-refractivity contribution is 0.0202. The van der Waals surface area contributed by atoms with E-state index in [1.807, 2.05) is 11.1 Å². The van der Waals surface area contributed by atoms with Gasteiger partial charge in [-0.1, -0.05) is 0 Å². The van der Waals surface area contributed by atoms with Crippen LogP contribution in [-0.4, -0.2) is 73.7 Å². The van der Waals surface area contributed by atoms with Crippen LogP contribution < -0.4 is 5.32 Å². The van der Waals surface area contributed by atoms with Gasteiger partial charge >= 0.3 is 0 Å². The number of nitrogens with zero attached hydrogens (tertiary/aromatic N) is 3. The van der Waals surface area contributed by atoms with Crippen LogP contribution in [0.1, 0.15) is 36.0 Å². The highest BCUT2D eigenvalue weighted by Crippen LogP contribution is 2.33. The minimum Gasteiger partial charge on any atom is -0.384 e. The molecule has 1 aromatic rings. The Kier molecular flexibility index (Phi) is 6.09. The Morgan fingerprint density at radius 3 is 2.72 bits per heavy atom. The Morgan fingerprint density at radius 2 is 2.08 bits per heavy atom. The van der Waals surface area contributed by atoms with Gasteiger partial charge in [0.25, 0.3) is 5.91 Å². The lowest BCUT2D eigenvalue weighted by Crippen LogP contribution is -2.49. The van der Waals surface area contributed by atoms with Gasteiger partial charge in [0.2, 0.25) is 0 Å². The van der Waals surface area contributed by atoms with Crippen molar-refractivity contribution >= 4 is 5.91 Å². The zero-order valence-electron chi connectivity index (χ0n) is 15.4. The van der Waals surface area contributed by atoms with Crippen LogP contribution in [-0.2, 0) is 16.0 Å². The molecule has 7 nitrogen and oxygen atoms in total. The first kappa shape index (κ1) is 18.4. The van der Waals surface area contributed by atoms with E-state index in [4.69, 9.17) is 9.47 Å². The molecule has 0 unspecified atom stereocenters. The van der Waals surface area contributed by atoms with Gasteiger partial charge < -0.3 is 19.7 Å². The molecule has 1 N–H and O–H groups in total. The number of hydrogen-bond acceptors (Lipinski definition) is 5. The predicted molar refractivity (Wildman–Crippen MR) is 94.6 cm³/mol. The van der Waals surface area contributed by atoms with Crippen LogP contribution in [0.2, 0.25) is 0 Å². The number of aromatic nitrogens is 2. The third-order valence-electron chi connectivity index (χ3n) is 5.31. The van der Waals surface area contributed by atoms with Crippen LogP contribution in [0.5, 0.6) is 0 Å². The van der Waals surface area contributed by atoms with Crippen molar-refractivity contribution in [1.29, 1.82) is 0 Å². The summed E-state index contributed by atoms with van der Waals surface area (Å²) in [6.07, 6.45) is 8.01. The number of nitrogens with one attached hydrogen (secondary N) is 1. The lowest BCUT2D eigenvalue weighted by atomic mass is 9.78. The number of hydrogen-bond donors (Lipinski definition) is 1. The van der Waals surface area contributed by atoms with E-state index in [9.17, 15) is 4.79 Å². The van der Waals surface area contributed by atoms with E-state index in [0.717, 1.165) is 39.1 Å². The van der Waals surface area contributed by atoms with Gasteiger partial charge in [0.1, 0.15) is 0 Å². The Balaban J connectivity index is 1.54. The molecule has 1 saturated carbocycles. The number of amides is 1. The summed E-state index contributed by atoms with van der Waals surface area (Å²) in [6.45, 7) is 4.54. The first-order valence-corrected chi connectivity index (χ1v) is 9.19. The summed E-state index contributed by atoms with van der Waals surface area (Å²) in [7, 11) is 3.43. The standard InChI is InChI=1S/C18H30N4O3/c1-24-10-9-22-12-15(11-20-22)17(23)21-7-5-18(6-8-21,14-25-2)13-19-16-3-4-16/h11-12,16,19H,3-10,13-14H2,1-2H3. The van der Waals surface area contributed by atoms with E-state index in [1.54, 1.807) is 25.1 Å². The maximum absolute atomic E-state index is 12.7. The molecule has 2 heterocycles. The van der Waals surface area contributed by atoms with Crippen LogP contribution in [0.4, 0.5) is 0 Å². The molecular formula is C18H30N4O3. The maximum Gasteiger partial charge on any atom is 0.257 e. The fourth-order valence-electron chi connectivity index (χ4n) is 3.47. The van der Waals surface area contributed by atoms with Gasteiger partial charge in [-0.15, -0.1) is 0 Å². The Morgan fingerprint density at radius 1 is 1.32 bits per heavy atom. The summed E-state index contributed by atoms with van der Waals surface area (Å²) in [5.74, 6) is 0.0739. The van der Waals surface area contributed by atoms with E-state index in [-0.39, 0.29) is 11.3 Å². The number of methoxy groups -OCH3 is 2. The zero-order chi connectivity index (χ0) is 17.7. The molecule has 0 radical (unpaired) electrons. The van der Waals surface area contributed by atoms with Crippen LogP contribution >= 0.6 is 0 Å². The average Bonchev–Trinajstić information content (AvgIpc) is 3.35. The monoisotopic (exact) mass is 350 g/mol. The second kappa shape index (κ2) is 8.29. The van der Waals surface area contributed by atoms with Crippen molar-refractivity contribution in [1.82, 2.24) is 20.0 Å². The number of likely N-dealkylation sites (tertiary alicyclic amines) is 1. The van der Waals surface area contributed by atoms with Crippen LogP contribution in [0, 0.1) is 5.41 Å². The van der Waals surface area contributed by atoms with Crippen molar-refractivity contribution in [3.63, 3.8) is 0 Å². The Hall–Kier alpha value is -1.44. The minimum atomic E-state index is 0.0739. The van der Waals surface area contributed by atoms with Gasteiger partial charge in [-0.3, -0.25) is 9.48 Å². The third kappa shape index (κ3) is 4.80. The number of carbonyl (C=O) groups excluding carboxylic acids is 1. The van der Waals surface area contributed by atoms with Gasteiger partial charge in [-0.2, -0.15) is 5.10 Å². The van der Waals surface area contributed by atoms with Crippen LogP contribution in [0.3, 0.4) is 0 Å². The molecule has 140 valence electrons. The second-order valence-corrected chi connectivity index (χ2v) is 7.37. The largest absolute Gasteiger partial charge is 0.384 e. The molecule has 1 aliphatic heterocycles. The van der Waals surface area contributed by atoms with E-state index >= 15 is 0 Å². The van der Waals surface area contributed by atoms with Gasteiger partial charge in [0.05, 0.1) is 31.5 Å². The molecule has 1 amide bonds. The SMILES string of the molecule is COCCn1cc(C(=O)N2CCC(CNC3CC3)(COC)CC2)cn1. The smallest absolute Gasteiger partial charge is 0.257 e. The summed E-state index contributed by atoms with van der Waals surface area (Å²) in [5.41, 5.74) is 0.808. The van der Waals surface area contributed by atoms with Gasteiger partial charge in [-0.25, -0.2) is 0 Å². The first-order valence-electron chi connectivity index (χ1n) is 9.19.